The summed E-state index contributed by atoms with van der Waals surface area (Å²) >= 11 is 11.8. The minimum atomic E-state index is -0.502. The second-order valence-electron chi connectivity index (χ2n) is 4.27. The first-order valence-electron chi connectivity index (χ1n) is 5.70. The molecule has 0 aromatic heterocycles. The van der Waals surface area contributed by atoms with Crippen molar-refractivity contribution in [2.45, 2.75) is 6.92 Å². The molecule has 3 nitrogen and oxygen atoms in total. The summed E-state index contributed by atoms with van der Waals surface area (Å²) in [4.78, 5) is 12.1. The van der Waals surface area contributed by atoms with Gasteiger partial charge in [0.1, 0.15) is 5.82 Å². The van der Waals surface area contributed by atoms with Crippen molar-refractivity contribution < 1.29 is 9.18 Å². The Kier molecular flexibility index (Phi) is 4.16. The molecule has 0 aliphatic carbocycles. The highest BCUT2D eigenvalue weighted by atomic mass is 35.5. The number of anilines is 2. The lowest BCUT2D eigenvalue weighted by Crippen LogP contribution is -2.13. The van der Waals surface area contributed by atoms with Crippen LogP contribution in [0.4, 0.5) is 15.8 Å². The third-order valence-corrected chi connectivity index (χ3v) is 3.41. The highest BCUT2D eigenvalue weighted by molar-refractivity contribution is 6.35. The molecule has 3 N–H and O–H groups in total. The standard InChI is InChI=1S/C14H11Cl2FN2O/c1-7-4-12(18)11(16)6-13(7)19-14(20)9-3-2-8(17)5-10(9)15/h2-6H,18H2,1H3,(H,19,20). The molecule has 0 spiro atoms. The number of hydrogen-bond donors (Lipinski definition) is 2. The molecule has 0 fully saturated rings. The maximum atomic E-state index is 13.0. The average Bonchev–Trinajstić information content (AvgIpc) is 2.35. The Morgan fingerprint density at radius 3 is 2.55 bits per heavy atom. The van der Waals surface area contributed by atoms with E-state index in [1.807, 2.05) is 0 Å². The van der Waals surface area contributed by atoms with Crippen molar-refractivity contribution in [3.63, 3.8) is 0 Å². The van der Waals surface area contributed by atoms with Crippen LogP contribution >= 0.6 is 23.2 Å². The summed E-state index contributed by atoms with van der Waals surface area (Å²) in [5.41, 5.74) is 7.56. The number of carbonyl (C=O) groups is 1. The van der Waals surface area contributed by atoms with E-state index >= 15 is 0 Å². The molecule has 2 aromatic carbocycles. The van der Waals surface area contributed by atoms with Crippen molar-refractivity contribution in [3.8, 4) is 0 Å². The van der Waals surface area contributed by atoms with Crippen LogP contribution in [0, 0.1) is 12.7 Å². The molecule has 0 heterocycles. The summed E-state index contributed by atoms with van der Waals surface area (Å²) in [6.45, 7) is 1.79. The minimum absolute atomic E-state index is 0.0432. The molecule has 0 unspecified atom stereocenters. The fourth-order valence-electron chi connectivity index (χ4n) is 1.70. The van der Waals surface area contributed by atoms with E-state index in [2.05, 4.69) is 5.32 Å². The van der Waals surface area contributed by atoms with Gasteiger partial charge in [-0.3, -0.25) is 4.79 Å². The molecule has 104 valence electrons. The number of nitrogen functional groups attached to an aromatic ring is 1. The van der Waals surface area contributed by atoms with E-state index < -0.39 is 11.7 Å². The van der Waals surface area contributed by atoms with Crippen LogP contribution in [0.3, 0.4) is 0 Å². The Balaban J connectivity index is 2.30. The van der Waals surface area contributed by atoms with Crippen LogP contribution in [0.5, 0.6) is 0 Å². The smallest absolute Gasteiger partial charge is 0.257 e. The second-order valence-corrected chi connectivity index (χ2v) is 5.08. The van der Waals surface area contributed by atoms with Crippen molar-refractivity contribution in [1.29, 1.82) is 0 Å². The van der Waals surface area contributed by atoms with Crippen molar-refractivity contribution in [3.05, 3.63) is 57.3 Å². The van der Waals surface area contributed by atoms with E-state index in [0.29, 0.717) is 16.4 Å². The van der Waals surface area contributed by atoms with Crippen LogP contribution in [-0.2, 0) is 0 Å². The summed E-state index contributed by atoms with van der Waals surface area (Å²) < 4.78 is 13.0. The van der Waals surface area contributed by atoms with E-state index in [9.17, 15) is 9.18 Å². The predicted molar refractivity (Wildman–Crippen MR) is 80.0 cm³/mol. The Hall–Kier alpha value is -1.78. The molecule has 0 aliphatic rings. The summed E-state index contributed by atoms with van der Waals surface area (Å²) in [5, 5.41) is 3.06. The van der Waals surface area contributed by atoms with Crippen LogP contribution in [-0.4, -0.2) is 5.91 Å². The molecule has 1 amide bonds. The first-order chi connectivity index (χ1) is 9.38. The lowest BCUT2D eigenvalue weighted by molar-refractivity contribution is 0.102. The number of rotatable bonds is 2. The Morgan fingerprint density at radius 2 is 1.90 bits per heavy atom. The highest BCUT2D eigenvalue weighted by Gasteiger charge is 2.13. The average molecular weight is 313 g/mol. The number of halogens is 3. The first-order valence-corrected chi connectivity index (χ1v) is 6.46. The third kappa shape index (κ3) is 3.03. The SMILES string of the molecule is Cc1cc(N)c(Cl)cc1NC(=O)c1ccc(F)cc1Cl. The molecule has 0 atom stereocenters. The van der Waals surface area contributed by atoms with Crippen molar-refractivity contribution in [2.24, 2.45) is 0 Å². The number of benzene rings is 2. The zero-order valence-electron chi connectivity index (χ0n) is 10.5. The van der Waals surface area contributed by atoms with Crippen LogP contribution in [0.1, 0.15) is 15.9 Å². The van der Waals surface area contributed by atoms with E-state index in [1.54, 1.807) is 19.1 Å². The third-order valence-electron chi connectivity index (χ3n) is 2.77. The van der Waals surface area contributed by atoms with E-state index in [0.717, 1.165) is 11.6 Å². The number of nitrogens with one attached hydrogen (secondary N) is 1. The number of carbonyl (C=O) groups excluding carboxylic acids is 1. The molecule has 2 aromatic rings. The van der Waals surface area contributed by atoms with Gasteiger partial charge in [0, 0.05) is 5.69 Å². The maximum absolute atomic E-state index is 13.0. The number of hydrogen-bond acceptors (Lipinski definition) is 2. The molecule has 0 bridgehead atoms. The summed E-state index contributed by atoms with van der Waals surface area (Å²) in [5.74, 6) is -0.947. The van der Waals surface area contributed by atoms with Gasteiger partial charge in [-0.15, -0.1) is 0 Å². The zero-order chi connectivity index (χ0) is 14.9. The van der Waals surface area contributed by atoms with Gasteiger partial charge in [-0.25, -0.2) is 4.39 Å². The molecular formula is C14H11Cl2FN2O. The van der Waals surface area contributed by atoms with Gasteiger partial charge in [-0.2, -0.15) is 0 Å². The Morgan fingerprint density at radius 1 is 1.20 bits per heavy atom. The fraction of sp³-hybridized carbons (Fsp3) is 0.0714. The van der Waals surface area contributed by atoms with Crippen LogP contribution in [0.2, 0.25) is 10.0 Å². The highest BCUT2D eigenvalue weighted by Crippen LogP contribution is 2.27. The fourth-order valence-corrected chi connectivity index (χ4v) is 2.12. The molecule has 0 saturated heterocycles. The van der Waals surface area contributed by atoms with Crippen LogP contribution < -0.4 is 11.1 Å². The monoisotopic (exact) mass is 312 g/mol. The minimum Gasteiger partial charge on any atom is -0.398 e. The Labute approximate surface area is 125 Å². The molecule has 0 aliphatic heterocycles. The zero-order valence-corrected chi connectivity index (χ0v) is 12.0. The van der Waals surface area contributed by atoms with Crippen molar-refractivity contribution in [2.75, 3.05) is 11.1 Å². The molecule has 2 rings (SSSR count). The molecule has 0 saturated carbocycles. The quantitative estimate of drug-likeness (QED) is 0.813. The normalized spacial score (nSPS) is 10.4. The first kappa shape index (κ1) is 14.6. The topological polar surface area (TPSA) is 55.1 Å². The van der Waals surface area contributed by atoms with Gasteiger partial charge in [0.25, 0.3) is 5.91 Å². The predicted octanol–water partition coefficient (Wildman–Crippen LogP) is 4.28. The van der Waals surface area contributed by atoms with Gasteiger partial charge in [-0.05, 0) is 42.8 Å². The van der Waals surface area contributed by atoms with E-state index in [-0.39, 0.29) is 10.6 Å². The molecule has 6 heteroatoms. The van der Waals surface area contributed by atoms with Crippen molar-refractivity contribution >= 4 is 40.5 Å². The summed E-state index contributed by atoms with van der Waals surface area (Å²) in [7, 11) is 0. The number of nitrogens with two attached hydrogens (primary N) is 1. The van der Waals surface area contributed by atoms with Crippen LogP contribution in [0.15, 0.2) is 30.3 Å². The van der Waals surface area contributed by atoms with Crippen LogP contribution in [0.25, 0.3) is 0 Å². The molecule has 20 heavy (non-hydrogen) atoms. The largest absolute Gasteiger partial charge is 0.398 e. The van der Waals surface area contributed by atoms with Crippen molar-refractivity contribution in [1.82, 2.24) is 0 Å². The molecule has 0 radical (unpaired) electrons. The maximum Gasteiger partial charge on any atom is 0.257 e. The lowest BCUT2D eigenvalue weighted by atomic mass is 10.1. The van der Waals surface area contributed by atoms with Gasteiger partial charge < -0.3 is 11.1 Å². The van der Waals surface area contributed by atoms with Gasteiger partial charge in [0.05, 0.1) is 21.3 Å². The number of amides is 1. The number of aryl methyl sites for hydroxylation is 1. The van der Waals surface area contributed by atoms with Gasteiger partial charge in [0.2, 0.25) is 0 Å². The van der Waals surface area contributed by atoms with Gasteiger partial charge in [0.15, 0.2) is 0 Å². The van der Waals surface area contributed by atoms with E-state index in [1.165, 1.54) is 12.1 Å². The Bertz CT molecular complexity index is 689. The summed E-state index contributed by atoms with van der Waals surface area (Å²) in [6.07, 6.45) is 0. The molecular weight excluding hydrogens is 302 g/mol. The lowest BCUT2D eigenvalue weighted by Gasteiger charge is -2.11. The second kappa shape index (κ2) is 5.69. The van der Waals surface area contributed by atoms with Gasteiger partial charge >= 0.3 is 0 Å². The van der Waals surface area contributed by atoms with Gasteiger partial charge in [-0.1, -0.05) is 23.2 Å². The summed E-state index contributed by atoms with van der Waals surface area (Å²) in [6, 6.07) is 6.79. The van der Waals surface area contributed by atoms with E-state index in [4.69, 9.17) is 28.9 Å².